The molecule has 1 unspecified atom stereocenters. The maximum Gasteiger partial charge on any atom is 0.337 e. The lowest BCUT2D eigenvalue weighted by Gasteiger charge is -2.13. The molecule has 0 fully saturated rings. The molecule has 9 heteroatoms. The molecule has 6 nitrogen and oxygen atoms in total. The first-order chi connectivity index (χ1) is 9.75. The van der Waals surface area contributed by atoms with Crippen molar-refractivity contribution in [3.05, 3.63) is 23.2 Å². The van der Waals surface area contributed by atoms with Crippen molar-refractivity contribution in [2.45, 2.75) is 20.0 Å². The summed E-state index contributed by atoms with van der Waals surface area (Å²) in [7, 11) is -3.94. The molecule has 1 atom stereocenters. The summed E-state index contributed by atoms with van der Waals surface area (Å²) in [6.45, 7) is 3.25. The number of carbonyl (C=O) groups is 1. The van der Waals surface area contributed by atoms with Crippen molar-refractivity contribution in [1.82, 2.24) is 4.98 Å². The molecule has 0 bridgehead atoms. The summed E-state index contributed by atoms with van der Waals surface area (Å²) in [6, 6.07) is 5.18. The molecule has 1 amide bonds. The monoisotopic (exact) mass is 348 g/mol. The number of hydrogen-bond acceptors (Lipinski definition) is 5. The van der Waals surface area contributed by atoms with E-state index in [0.29, 0.717) is 15.7 Å². The van der Waals surface area contributed by atoms with Crippen molar-refractivity contribution in [2.75, 3.05) is 11.5 Å². The van der Waals surface area contributed by atoms with Gasteiger partial charge in [-0.15, -0.1) is 0 Å². The van der Waals surface area contributed by atoms with Gasteiger partial charge in [-0.1, -0.05) is 22.9 Å². The lowest BCUT2D eigenvalue weighted by atomic mass is 10.3. The molecule has 0 spiro atoms. The van der Waals surface area contributed by atoms with E-state index in [2.05, 4.69) is 10.3 Å². The van der Waals surface area contributed by atoms with Gasteiger partial charge < -0.3 is 14.7 Å². The fraction of sp³-hybridized carbons (Fsp3) is 0.333. The summed E-state index contributed by atoms with van der Waals surface area (Å²) >= 11 is 7.11. The minimum absolute atomic E-state index is 0.349. The van der Waals surface area contributed by atoms with Gasteiger partial charge in [0.1, 0.15) is 6.16 Å². The zero-order chi connectivity index (χ0) is 15.6. The molecule has 21 heavy (non-hydrogen) atoms. The Bertz CT molecular complexity index is 718. The van der Waals surface area contributed by atoms with Crippen molar-refractivity contribution < 1.29 is 18.8 Å². The molecule has 0 aliphatic heterocycles. The third-order valence-corrected chi connectivity index (χ3v) is 4.92. The Morgan fingerprint density at radius 1 is 1.57 bits per heavy atom. The highest BCUT2D eigenvalue weighted by Gasteiger charge is 2.25. The maximum absolute atomic E-state index is 11.8. The van der Waals surface area contributed by atoms with Gasteiger partial charge in [-0.2, -0.15) is 0 Å². The zero-order valence-corrected chi connectivity index (χ0v) is 13.8. The highest BCUT2D eigenvalue weighted by Crippen LogP contribution is 2.43. The van der Waals surface area contributed by atoms with Gasteiger partial charge in [0.05, 0.1) is 16.3 Å². The van der Waals surface area contributed by atoms with Gasteiger partial charge >= 0.3 is 7.60 Å². The number of rotatable bonds is 5. The van der Waals surface area contributed by atoms with Crippen LogP contribution in [-0.4, -0.2) is 28.1 Å². The van der Waals surface area contributed by atoms with Crippen LogP contribution in [-0.2, 0) is 13.9 Å². The topological polar surface area (TPSA) is 88.5 Å². The summed E-state index contributed by atoms with van der Waals surface area (Å²) in [4.78, 5) is 25.5. The molecule has 0 saturated carbocycles. The van der Waals surface area contributed by atoms with Gasteiger partial charge in [0.25, 0.3) is 0 Å². The second kappa shape index (κ2) is 6.42. The van der Waals surface area contributed by atoms with E-state index in [-0.39, 0.29) is 0 Å². The number of fused-ring (bicyclic) bond motifs is 1. The van der Waals surface area contributed by atoms with E-state index in [1.807, 2.05) is 0 Å². The van der Waals surface area contributed by atoms with Crippen LogP contribution >= 0.6 is 30.5 Å². The fourth-order valence-electron chi connectivity index (χ4n) is 1.66. The maximum atomic E-state index is 11.8. The Morgan fingerprint density at radius 2 is 2.29 bits per heavy atom. The number of thiazole rings is 1. The van der Waals surface area contributed by atoms with Crippen LogP contribution in [0.2, 0.25) is 5.02 Å². The highest BCUT2D eigenvalue weighted by molar-refractivity contribution is 7.53. The first-order valence-corrected chi connectivity index (χ1v) is 9.07. The smallest absolute Gasteiger partial charge is 0.324 e. The van der Waals surface area contributed by atoms with Crippen molar-refractivity contribution >= 4 is 51.8 Å². The molecule has 0 aliphatic rings. The van der Waals surface area contributed by atoms with Crippen LogP contribution < -0.4 is 5.32 Å². The van der Waals surface area contributed by atoms with Gasteiger partial charge in [0.2, 0.25) is 5.91 Å². The minimum atomic E-state index is -3.94. The van der Waals surface area contributed by atoms with Crippen LogP contribution in [0.1, 0.15) is 13.8 Å². The van der Waals surface area contributed by atoms with E-state index in [1.165, 1.54) is 11.3 Å². The van der Waals surface area contributed by atoms with Crippen molar-refractivity contribution in [1.29, 1.82) is 0 Å². The normalized spacial score (nSPS) is 14.3. The Kier molecular flexibility index (Phi) is 5.01. The van der Waals surface area contributed by atoms with Crippen molar-refractivity contribution in [2.24, 2.45) is 0 Å². The number of nitrogens with one attached hydrogen (secondary N) is 1. The molecule has 0 aliphatic carbocycles. The lowest BCUT2D eigenvalue weighted by molar-refractivity contribution is -0.114. The molecule has 2 N–H and O–H groups in total. The second-order valence-electron chi connectivity index (χ2n) is 4.63. The molecule has 2 aromatic rings. The van der Waals surface area contributed by atoms with Crippen molar-refractivity contribution in [3.63, 3.8) is 0 Å². The van der Waals surface area contributed by atoms with E-state index < -0.39 is 25.8 Å². The number of nitrogens with zero attached hydrogens (tertiary/aromatic N) is 1. The van der Waals surface area contributed by atoms with Crippen LogP contribution in [0.25, 0.3) is 10.2 Å². The number of hydrogen-bond donors (Lipinski definition) is 2. The molecule has 1 aromatic carbocycles. The van der Waals surface area contributed by atoms with E-state index in [9.17, 15) is 14.3 Å². The Labute approximate surface area is 130 Å². The SMILES string of the molecule is CC(C)OP(=O)(O)CC(=O)Nc1nc2ccc(Cl)cc2s1. The Morgan fingerprint density at radius 3 is 2.95 bits per heavy atom. The first kappa shape index (κ1) is 16.4. The number of anilines is 1. The molecular weight excluding hydrogens is 335 g/mol. The van der Waals surface area contributed by atoms with Crippen LogP contribution in [0.15, 0.2) is 18.2 Å². The van der Waals surface area contributed by atoms with Crippen LogP contribution in [0, 0.1) is 0 Å². The average molecular weight is 349 g/mol. The first-order valence-electron chi connectivity index (χ1n) is 6.11. The van der Waals surface area contributed by atoms with Gasteiger partial charge in [-0.25, -0.2) is 4.98 Å². The lowest BCUT2D eigenvalue weighted by Crippen LogP contribution is -2.18. The predicted molar refractivity (Wildman–Crippen MR) is 84.2 cm³/mol. The third kappa shape index (κ3) is 4.76. The molecule has 0 saturated heterocycles. The standard InChI is InChI=1S/C12H14ClN2O4PS/c1-7(2)19-20(17,18)6-11(16)15-12-14-9-4-3-8(13)5-10(9)21-12/h3-5,7H,6H2,1-2H3,(H,17,18)(H,14,15,16). The summed E-state index contributed by atoms with van der Waals surface area (Å²) in [5.41, 5.74) is 0.699. The highest BCUT2D eigenvalue weighted by atomic mass is 35.5. The zero-order valence-electron chi connectivity index (χ0n) is 11.4. The quantitative estimate of drug-likeness (QED) is 0.807. The number of halogens is 1. The van der Waals surface area contributed by atoms with Crippen LogP contribution in [0.5, 0.6) is 0 Å². The summed E-state index contributed by atoms with van der Waals surface area (Å²) in [5.74, 6) is -0.619. The van der Waals surface area contributed by atoms with E-state index >= 15 is 0 Å². The Balaban J connectivity index is 2.06. The number of benzene rings is 1. The van der Waals surface area contributed by atoms with Crippen molar-refractivity contribution in [3.8, 4) is 0 Å². The van der Waals surface area contributed by atoms with Gasteiger partial charge in [-0.05, 0) is 32.0 Å². The Hall–Kier alpha value is -0.980. The molecule has 1 heterocycles. The van der Waals surface area contributed by atoms with Gasteiger partial charge in [0, 0.05) is 5.02 Å². The van der Waals surface area contributed by atoms with Crippen LogP contribution in [0.4, 0.5) is 5.13 Å². The predicted octanol–water partition coefficient (Wildman–Crippen LogP) is 3.50. The fourth-order valence-corrected chi connectivity index (χ4v) is 3.99. The number of aromatic nitrogens is 1. The molecule has 2 rings (SSSR count). The number of amides is 1. The van der Waals surface area contributed by atoms with Crippen LogP contribution in [0.3, 0.4) is 0 Å². The molecule has 114 valence electrons. The van der Waals surface area contributed by atoms with E-state index in [1.54, 1.807) is 32.0 Å². The van der Waals surface area contributed by atoms with Gasteiger partial charge in [-0.3, -0.25) is 9.36 Å². The summed E-state index contributed by atoms with van der Waals surface area (Å²) in [5, 5.41) is 3.42. The number of carbonyl (C=O) groups excluding carboxylic acids is 1. The minimum Gasteiger partial charge on any atom is -0.324 e. The van der Waals surface area contributed by atoms with E-state index in [4.69, 9.17) is 16.1 Å². The molecule has 0 radical (unpaired) electrons. The largest absolute Gasteiger partial charge is 0.337 e. The molecular formula is C12H14ClN2O4PS. The average Bonchev–Trinajstić information content (AvgIpc) is 2.66. The summed E-state index contributed by atoms with van der Waals surface area (Å²) < 4.78 is 17.3. The summed E-state index contributed by atoms with van der Waals surface area (Å²) in [6.07, 6.45) is -1.04. The van der Waals surface area contributed by atoms with E-state index in [0.717, 1.165) is 4.70 Å². The third-order valence-electron chi connectivity index (χ3n) is 2.32. The molecule has 1 aromatic heterocycles. The van der Waals surface area contributed by atoms with Gasteiger partial charge in [0.15, 0.2) is 5.13 Å². The second-order valence-corrected chi connectivity index (χ2v) is 7.90.